The third-order valence-corrected chi connectivity index (χ3v) is 4.00. The summed E-state index contributed by atoms with van der Waals surface area (Å²) in [5.41, 5.74) is 3.50. The Labute approximate surface area is 108 Å². The third-order valence-electron chi connectivity index (χ3n) is 3.34. The van der Waals surface area contributed by atoms with Crippen molar-refractivity contribution in [2.45, 2.75) is 30.6 Å². The van der Waals surface area contributed by atoms with Crippen LogP contribution in [0.5, 0.6) is 0 Å². The van der Waals surface area contributed by atoms with Crippen molar-refractivity contribution in [2.75, 3.05) is 0 Å². The zero-order valence-electron chi connectivity index (χ0n) is 9.83. The van der Waals surface area contributed by atoms with Crippen molar-refractivity contribution in [1.82, 2.24) is 9.78 Å². The van der Waals surface area contributed by atoms with Gasteiger partial charge in [-0.3, -0.25) is 4.21 Å². The number of hydrogen-bond acceptors (Lipinski definition) is 3. The van der Waals surface area contributed by atoms with E-state index < -0.39 is 11.1 Å². The number of rotatable bonds is 2. The van der Waals surface area contributed by atoms with Gasteiger partial charge in [0.15, 0.2) is 0 Å². The molecule has 0 saturated carbocycles. The Morgan fingerprint density at radius 3 is 2.61 bits per heavy atom. The van der Waals surface area contributed by atoms with E-state index in [0.717, 1.165) is 18.5 Å². The summed E-state index contributed by atoms with van der Waals surface area (Å²) in [7, 11) is 0. The maximum atomic E-state index is 10.8. The molecule has 0 bridgehead atoms. The normalized spacial score (nSPS) is 16.3. The van der Waals surface area contributed by atoms with E-state index in [1.54, 1.807) is 24.3 Å². The molecule has 0 N–H and O–H groups in total. The Balaban J connectivity index is 1.99. The van der Waals surface area contributed by atoms with Crippen molar-refractivity contribution in [1.29, 1.82) is 0 Å². The van der Waals surface area contributed by atoms with Crippen LogP contribution in [0.15, 0.2) is 35.4 Å². The van der Waals surface area contributed by atoms with Crippen LogP contribution in [0.1, 0.15) is 24.1 Å². The molecule has 1 aliphatic carbocycles. The van der Waals surface area contributed by atoms with E-state index in [0.29, 0.717) is 4.90 Å². The number of hydrogen-bond donors (Lipinski definition) is 0. The van der Waals surface area contributed by atoms with Gasteiger partial charge in [-0.2, -0.15) is 5.10 Å². The van der Waals surface area contributed by atoms with Crippen LogP contribution in [0.2, 0.25) is 0 Å². The second-order valence-corrected chi connectivity index (χ2v) is 5.40. The number of benzene rings is 1. The van der Waals surface area contributed by atoms with Crippen LogP contribution in [0.25, 0.3) is 5.69 Å². The summed E-state index contributed by atoms with van der Waals surface area (Å²) in [6, 6.07) is 6.81. The highest BCUT2D eigenvalue weighted by molar-refractivity contribution is 7.79. The van der Waals surface area contributed by atoms with Crippen LogP contribution in [-0.4, -0.2) is 18.5 Å². The minimum atomic E-state index is -2.17. The van der Waals surface area contributed by atoms with Gasteiger partial charge in [0.25, 0.3) is 0 Å². The van der Waals surface area contributed by atoms with Crippen LogP contribution < -0.4 is 0 Å². The molecule has 1 atom stereocenters. The van der Waals surface area contributed by atoms with Gasteiger partial charge in [0.05, 0.1) is 11.9 Å². The highest BCUT2D eigenvalue weighted by Gasteiger charge is 2.15. The zero-order valence-corrected chi connectivity index (χ0v) is 10.7. The van der Waals surface area contributed by atoms with Gasteiger partial charge in [-0.25, -0.2) is 4.68 Å². The number of aryl methyl sites for hydroxylation is 1. The average Bonchev–Trinajstić information content (AvgIpc) is 2.82. The predicted octanol–water partition coefficient (Wildman–Crippen LogP) is 1.99. The molecule has 5 heteroatoms. The van der Waals surface area contributed by atoms with Crippen LogP contribution in [0, 0.1) is 0 Å². The van der Waals surface area contributed by atoms with Crippen molar-refractivity contribution >= 4 is 11.1 Å². The fourth-order valence-electron chi connectivity index (χ4n) is 2.41. The molecule has 18 heavy (non-hydrogen) atoms. The molecule has 0 spiro atoms. The smallest absolute Gasteiger partial charge is 0.0649 e. The maximum absolute atomic E-state index is 10.8. The molecule has 0 saturated heterocycles. The lowest BCUT2D eigenvalue weighted by Crippen LogP contribution is -2.07. The Hall–Kier alpha value is -1.46. The summed E-state index contributed by atoms with van der Waals surface area (Å²) >= 11 is -2.17. The standard InChI is InChI=1S/C13H14N2O2S/c16-18(17)12-7-5-11(6-8-12)15-13-4-2-1-3-10(13)9-14-15/h5-9H,1-4H2,(H,16,17)/p-1. The van der Waals surface area contributed by atoms with Crippen molar-refractivity contribution < 1.29 is 8.76 Å². The Kier molecular flexibility index (Phi) is 3.01. The lowest BCUT2D eigenvalue weighted by molar-refractivity contribution is 0.537. The first-order valence-electron chi connectivity index (χ1n) is 6.01. The van der Waals surface area contributed by atoms with Crippen LogP contribution in [0.3, 0.4) is 0 Å². The van der Waals surface area contributed by atoms with Gasteiger partial charge in [0.1, 0.15) is 0 Å². The lowest BCUT2D eigenvalue weighted by atomic mass is 9.98. The highest BCUT2D eigenvalue weighted by atomic mass is 32.2. The molecule has 2 aromatic rings. The van der Waals surface area contributed by atoms with E-state index in [1.807, 2.05) is 10.9 Å². The fraction of sp³-hybridized carbons (Fsp3) is 0.308. The molecule has 0 fully saturated rings. The molecule has 1 aliphatic rings. The monoisotopic (exact) mass is 261 g/mol. The number of aromatic nitrogens is 2. The van der Waals surface area contributed by atoms with Gasteiger partial charge in [0, 0.05) is 10.6 Å². The van der Waals surface area contributed by atoms with E-state index >= 15 is 0 Å². The van der Waals surface area contributed by atoms with E-state index in [-0.39, 0.29) is 0 Å². The Bertz CT molecular complexity index is 590. The SMILES string of the molecule is O=S([O-])c1ccc(-n2ncc3c2CCCC3)cc1. The van der Waals surface area contributed by atoms with Crippen LogP contribution >= 0.6 is 0 Å². The summed E-state index contributed by atoms with van der Waals surface area (Å²) in [5, 5.41) is 4.41. The average molecular weight is 261 g/mol. The molecule has 1 unspecified atom stereocenters. The molecule has 1 aromatic carbocycles. The van der Waals surface area contributed by atoms with Gasteiger partial charge in [-0.1, -0.05) is 0 Å². The Morgan fingerprint density at radius 2 is 1.89 bits per heavy atom. The summed E-state index contributed by atoms with van der Waals surface area (Å²) < 4.78 is 23.5. The van der Waals surface area contributed by atoms with E-state index in [1.165, 1.54) is 24.1 Å². The van der Waals surface area contributed by atoms with Crippen molar-refractivity contribution in [2.24, 2.45) is 0 Å². The van der Waals surface area contributed by atoms with Gasteiger partial charge in [0.2, 0.25) is 0 Å². The van der Waals surface area contributed by atoms with Gasteiger partial charge in [-0.15, -0.1) is 0 Å². The van der Waals surface area contributed by atoms with Crippen LogP contribution in [0.4, 0.5) is 0 Å². The summed E-state index contributed by atoms with van der Waals surface area (Å²) in [4.78, 5) is 0.305. The van der Waals surface area contributed by atoms with Gasteiger partial charge in [-0.05, 0) is 66.6 Å². The van der Waals surface area contributed by atoms with Crippen molar-refractivity contribution in [3.8, 4) is 5.69 Å². The van der Waals surface area contributed by atoms with E-state index in [2.05, 4.69) is 5.10 Å². The predicted molar refractivity (Wildman–Crippen MR) is 67.4 cm³/mol. The van der Waals surface area contributed by atoms with Gasteiger partial charge < -0.3 is 4.55 Å². The third kappa shape index (κ3) is 2.00. The van der Waals surface area contributed by atoms with Gasteiger partial charge >= 0.3 is 0 Å². The maximum Gasteiger partial charge on any atom is 0.0649 e. The molecule has 1 heterocycles. The summed E-state index contributed by atoms with van der Waals surface area (Å²) in [5.74, 6) is 0. The minimum absolute atomic E-state index is 0.305. The second kappa shape index (κ2) is 4.66. The number of fused-ring (bicyclic) bond motifs is 1. The number of nitrogens with zero attached hydrogens (tertiary/aromatic N) is 2. The minimum Gasteiger partial charge on any atom is -0.768 e. The lowest BCUT2D eigenvalue weighted by Gasteiger charge is -2.14. The van der Waals surface area contributed by atoms with Crippen LogP contribution in [-0.2, 0) is 23.9 Å². The summed E-state index contributed by atoms with van der Waals surface area (Å²) in [6.07, 6.45) is 6.49. The first kappa shape index (κ1) is 11.6. The molecule has 0 aliphatic heterocycles. The van der Waals surface area contributed by atoms with E-state index in [9.17, 15) is 8.76 Å². The zero-order chi connectivity index (χ0) is 12.5. The van der Waals surface area contributed by atoms with Crippen molar-refractivity contribution in [3.63, 3.8) is 0 Å². The largest absolute Gasteiger partial charge is 0.768 e. The molecular formula is C13H13N2O2S-. The van der Waals surface area contributed by atoms with Crippen molar-refractivity contribution in [3.05, 3.63) is 41.7 Å². The highest BCUT2D eigenvalue weighted by Crippen LogP contribution is 2.23. The molecule has 94 valence electrons. The summed E-state index contributed by atoms with van der Waals surface area (Å²) in [6.45, 7) is 0. The topological polar surface area (TPSA) is 57.9 Å². The molecule has 4 nitrogen and oxygen atoms in total. The van der Waals surface area contributed by atoms with E-state index in [4.69, 9.17) is 0 Å². The molecule has 0 amide bonds. The quantitative estimate of drug-likeness (QED) is 0.777. The molecule has 0 radical (unpaired) electrons. The Morgan fingerprint density at radius 1 is 1.17 bits per heavy atom. The second-order valence-electron chi connectivity index (χ2n) is 4.46. The first-order chi connectivity index (χ1) is 8.75. The first-order valence-corrected chi connectivity index (χ1v) is 7.08. The molecule has 3 rings (SSSR count). The molecule has 1 aromatic heterocycles. The fourth-order valence-corrected chi connectivity index (χ4v) is 2.77. The molecular weight excluding hydrogens is 248 g/mol.